The molecule has 29 heavy (non-hydrogen) atoms. The van der Waals surface area contributed by atoms with Gasteiger partial charge in [0.2, 0.25) is 0 Å². The predicted molar refractivity (Wildman–Crippen MR) is 110 cm³/mol. The maximum Gasteiger partial charge on any atom is 0.279 e. The van der Waals surface area contributed by atoms with Crippen LogP contribution < -0.4 is 25.1 Å². The number of nitrogens with one attached hydrogen (secondary N) is 2. The number of hydrazine groups is 1. The fourth-order valence-corrected chi connectivity index (χ4v) is 2.32. The summed E-state index contributed by atoms with van der Waals surface area (Å²) in [5.41, 5.74) is 5.14. The van der Waals surface area contributed by atoms with Gasteiger partial charge in [-0.1, -0.05) is 19.9 Å². The van der Waals surface area contributed by atoms with Crippen LogP contribution in [0.3, 0.4) is 0 Å². The van der Waals surface area contributed by atoms with Crippen molar-refractivity contribution in [2.75, 3.05) is 13.2 Å². The molecule has 0 aliphatic carbocycles. The van der Waals surface area contributed by atoms with Gasteiger partial charge in [0.25, 0.3) is 11.8 Å². The van der Waals surface area contributed by atoms with Crippen molar-refractivity contribution in [3.63, 3.8) is 0 Å². The minimum Gasteiger partial charge on any atom is -0.494 e. The van der Waals surface area contributed by atoms with Crippen LogP contribution in [0.5, 0.6) is 17.2 Å². The lowest BCUT2D eigenvalue weighted by atomic mass is 10.2. The fraction of sp³-hybridized carbons (Fsp3) is 0.364. The maximum absolute atomic E-state index is 12.3. The van der Waals surface area contributed by atoms with E-state index in [1.165, 1.54) is 0 Å². The molecule has 0 saturated heterocycles. The zero-order valence-corrected chi connectivity index (χ0v) is 17.2. The molecule has 0 aliphatic rings. The molecule has 0 heterocycles. The molecule has 0 aromatic heterocycles. The van der Waals surface area contributed by atoms with E-state index in [0.29, 0.717) is 36.2 Å². The number of ether oxygens (including phenoxy) is 3. The Bertz CT molecular complexity index is 805. The Labute approximate surface area is 171 Å². The van der Waals surface area contributed by atoms with Gasteiger partial charge >= 0.3 is 0 Å². The second kappa shape index (κ2) is 10.9. The number of benzene rings is 2. The van der Waals surface area contributed by atoms with E-state index >= 15 is 0 Å². The van der Waals surface area contributed by atoms with E-state index in [1.807, 2.05) is 20.8 Å². The topological polar surface area (TPSA) is 85.9 Å². The van der Waals surface area contributed by atoms with E-state index in [-0.39, 0.29) is 0 Å². The van der Waals surface area contributed by atoms with E-state index in [9.17, 15) is 9.59 Å². The molecule has 2 rings (SSSR count). The largest absolute Gasteiger partial charge is 0.494 e. The van der Waals surface area contributed by atoms with Gasteiger partial charge in [-0.15, -0.1) is 0 Å². The lowest BCUT2D eigenvalue weighted by molar-refractivity contribution is -0.128. The number of carbonyl (C=O) groups excluding carboxylic acids is 2. The first-order valence-corrected chi connectivity index (χ1v) is 9.61. The normalized spacial score (nSPS) is 11.5. The monoisotopic (exact) mass is 400 g/mol. The Morgan fingerprint density at radius 3 is 2.24 bits per heavy atom. The zero-order valence-electron chi connectivity index (χ0n) is 17.2. The first-order chi connectivity index (χ1) is 13.9. The summed E-state index contributed by atoms with van der Waals surface area (Å²) >= 11 is 0. The number of carbonyl (C=O) groups is 2. The highest BCUT2D eigenvalue weighted by molar-refractivity contribution is 5.96. The molecule has 156 valence electrons. The Kier molecular flexibility index (Phi) is 8.33. The Morgan fingerprint density at radius 1 is 0.897 bits per heavy atom. The predicted octanol–water partition coefficient (Wildman–Crippen LogP) is 3.35. The summed E-state index contributed by atoms with van der Waals surface area (Å²) in [7, 11) is 0. The molecule has 0 bridgehead atoms. The molecule has 2 N–H and O–H groups in total. The zero-order chi connectivity index (χ0) is 21.2. The summed E-state index contributed by atoms with van der Waals surface area (Å²) in [5, 5.41) is 0. The third kappa shape index (κ3) is 7.37. The summed E-state index contributed by atoms with van der Waals surface area (Å²) in [4.78, 5) is 24.5. The Balaban J connectivity index is 1.84. The highest BCUT2D eigenvalue weighted by Gasteiger charge is 2.16. The van der Waals surface area contributed by atoms with Crippen molar-refractivity contribution in [3.05, 3.63) is 54.1 Å². The van der Waals surface area contributed by atoms with Gasteiger partial charge < -0.3 is 14.2 Å². The van der Waals surface area contributed by atoms with Crippen LogP contribution >= 0.6 is 0 Å². The first-order valence-electron chi connectivity index (χ1n) is 9.61. The molecule has 2 amide bonds. The van der Waals surface area contributed by atoms with Crippen molar-refractivity contribution in [2.45, 2.75) is 33.8 Å². The molecular weight excluding hydrogens is 372 g/mol. The summed E-state index contributed by atoms with van der Waals surface area (Å²) in [6.07, 6.45) is -0.797. The van der Waals surface area contributed by atoms with Gasteiger partial charge in [0.15, 0.2) is 6.10 Å². The SMILES string of the molecule is CCOc1ccc(O[C@H](C)C(=O)NNC(=O)c2cccc(OCC(C)C)c2)cc1. The standard InChI is InChI=1S/C22H28N2O5/c1-5-27-18-9-11-19(12-10-18)29-16(4)21(25)23-24-22(26)17-7-6-8-20(13-17)28-14-15(2)3/h6-13,15-16H,5,14H2,1-4H3,(H,23,25)(H,24,26)/t16-/m1/s1. The quantitative estimate of drug-likeness (QED) is 0.631. The average Bonchev–Trinajstić information content (AvgIpc) is 2.72. The molecular formula is C22H28N2O5. The Hall–Kier alpha value is -3.22. The van der Waals surface area contributed by atoms with Crippen LogP contribution in [-0.2, 0) is 4.79 Å². The van der Waals surface area contributed by atoms with Crippen molar-refractivity contribution >= 4 is 11.8 Å². The smallest absolute Gasteiger partial charge is 0.279 e. The highest BCUT2D eigenvalue weighted by Crippen LogP contribution is 2.18. The van der Waals surface area contributed by atoms with Gasteiger partial charge in [-0.25, -0.2) is 0 Å². The number of hydrogen-bond donors (Lipinski definition) is 2. The lowest BCUT2D eigenvalue weighted by Gasteiger charge is -2.15. The number of rotatable bonds is 9. The minimum atomic E-state index is -0.797. The minimum absolute atomic E-state index is 0.378. The molecule has 0 radical (unpaired) electrons. The summed E-state index contributed by atoms with van der Waals surface area (Å²) in [6.45, 7) is 8.72. The fourth-order valence-electron chi connectivity index (χ4n) is 2.32. The molecule has 0 spiro atoms. The van der Waals surface area contributed by atoms with Gasteiger partial charge in [0, 0.05) is 5.56 Å². The van der Waals surface area contributed by atoms with E-state index in [0.717, 1.165) is 5.75 Å². The molecule has 0 unspecified atom stereocenters. The number of amides is 2. The van der Waals surface area contributed by atoms with Crippen LogP contribution in [-0.4, -0.2) is 31.1 Å². The molecule has 0 fully saturated rings. The van der Waals surface area contributed by atoms with E-state index in [2.05, 4.69) is 10.9 Å². The maximum atomic E-state index is 12.3. The van der Waals surface area contributed by atoms with E-state index in [1.54, 1.807) is 55.5 Å². The highest BCUT2D eigenvalue weighted by atomic mass is 16.5. The Morgan fingerprint density at radius 2 is 1.59 bits per heavy atom. The summed E-state index contributed by atoms with van der Waals surface area (Å²) in [6, 6.07) is 13.7. The van der Waals surface area contributed by atoms with E-state index < -0.39 is 17.9 Å². The van der Waals surface area contributed by atoms with Gasteiger partial charge in [0.1, 0.15) is 17.2 Å². The molecule has 7 heteroatoms. The van der Waals surface area contributed by atoms with Gasteiger partial charge in [-0.05, 0) is 62.2 Å². The first kappa shape index (κ1) is 22.1. The van der Waals surface area contributed by atoms with Crippen LogP contribution in [0, 0.1) is 5.92 Å². The summed E-state index contributed by atoms with van der Waals surface area (Å²) < 4.78 is 16.6. The van der Waals surface area contributed by atoms with Gasteiger partial charge in [-0.3, -0.25) is 20.4 Å². The van der Waals surface area contributed by atoms with Gasteiger partial charge in [0.05, 0.1) is 13.2 Å². The van der Waals surface area contributed by atoms with Crippen LogP contribution in [0.25, 0.3) is 0 Å². The molecule has 1 atom stereocenters. The lowest BCUT2D eigenvalue weighted by Crippen LogP contribution is -2.47. The van der Waals surface area contributed by atoms with Crippen LogP contribution in [0.1, 0.15) is 38.1 Å². The third-order valence-electron chi connectivity index (χ3n) is 3.80. The molecule has 2 aromatic carbocycles. The third-order valence-corrected chi connectivity index (χ3v) is 3.80. The molecule has 2 aromatic rings. The number of hydrogen-bond acceptors (Lipinski definition) is 5. The van der Waals surface area contributed by atoms with Gasteiger partial charge in [-0.2, -0.15) is 0 Å². The molecule has 7 nitrogen and oxygen atoms in total. The van der Waals surface area contributed by atoms with E-state index in [4.69, 9.17) is 14.2 Å². The van der Waals surface area contributed by atoms with Crippen molar-refractivity contribution in [2.24, 2.45) is 5.92 Å². The second-order valence-electron chi connectivity index (χ2n) is 6.84. The van der Waals surface area contributed by atoms with Crippen molar-refractivity contribution in [3.8, 4) is 17.2 Å². The van der Waals surface area contributed by atoms with Crippen LogP contribution in [0.4, 0.5) is 0 Å². The molecule has 0 aliphatic heterocycles. The average molecular weight is 400 g/mol. The molecule has 0 saturated carbocycles. The van der Waals surface area contributed by atoms with Crippen LogP contribution in [0.15, 0.2) is 48.5 Å². The van der Waals surface area contributed by atoms with Crippen molar-refractivity contribution in [1.82, 2.24) is 10.9 Å². The summed E-state index contributed by atoms with van der Waals surface area (Å²) in [5.74, 6) is 1.32. The van der Waals surface area contributed by atoms with Crippen molar-refractivity contribution < 1.29 is 23.8 Å². The second-order valence-corrected chi connectivity index (χ2v) is 6.84. The van der Waals surface area contributed by atoms with Crippen LogP contribution in [0.2, 0.25) is 0 Å². The van der Waals surface area contributed by atoms with Crippen molar-refractivity contribution in [1.29, 1.82) is 0 Å².